The van der Waals surface area contributed by atoms with E-state index in [1.54, 1.807) is 12.0 Å². The molecule has 0 bridgehead atoms. The van der Waals surface area contributed by atoms with Crippen LogP contribution in [0.2, 0.25) is 0 Å². The molecule has 0 aromatic heterocycles. The summed E-state index contributed by atoms with van der Waals surface area (Å²) in [6.07, 6.45) is 1.69. The summed E-state index contributed by atoms with van der Waals surface area (Å²) >= 11 is 0. The van der Waals surface area contributed by atoms with Gasteiger partial charge in [-0.1, -0.05) is 0 Å². The fraction of sp³-hybridized carbons (Fsp3) is 0.842. The van der Waals surface area contributed by atoms with Crippen LogP contribution < -0.4 is 0 Å². The predicted molar refractivity (Wildman–Crippen MR) is 102 cm³/mol. The Hall–Kier alpha value is -1.71. The van der Waals surface area contributed by atoms with Gasteiger partial charge in [0.15, 0.2) is 0 Å². The number of carbonyl (C=O) groups excluding carboxylic acids is 3. The summed E-state index contributed by atoms with van der Waals surface area (Å²) in [5.41, 5.74) is 0. The Labute approximate surface area is 166 Å². The summed E-state index contributed by atoms with van der Waals surface area (Å²) < 4.78 is 10.7. The van der Waals surface area contributed by atoms with Crippen molar-refractivity contribution in [3.8, 4) is 0 Å². The number of hydrogen-bond donors (Lipinski definition) is 0. The second kappa shape index (κ2) is 9.19. The third-order valence-electron chi connectivity index (χ3n) is 5.73. The summed E-state index contributed by atoms with van der Waals surface area (Å²) in [4.78, 5) is 44.3. The topological polar surface area (TPSA) is 82.6 Å². The summed E-state index contributed by atoms with van der Waals surface area (Å²) in [6.45, 7) is 7.97. The molecule has 3 saturated heterocycles. The van der Waals surface area contributed by atoms with E-state index in [1.807, 2.05) is 18.7 Å². The van der Waals surface area contributed by atoms with E-state index in [-0.39, 0.29) is 42.6 Å². The Bertz CT molecular complexity index is 583. The van der Waals surface area contributed by atoms with Gasteiger partial charge in [0.2, 0.25) is 11.8 Å². The third kappa shape index (κ3) is 4.82. The molecule has 3 rings (SSSR count). The predicted octanol–water partition coefficient (Wildman–Crippen LogP) is -0.00280. The fourth-order valence-electron chi connectivity index (χ4n) is 4.31. The average molecular weight is 396 g/mol. The van der Waals surface area contributed by atoms with Crippen molar-refractivity contribution in [1.82, 2.24) is 19.6 Å². The van der Waals surface area contributed by atoms with E-state index in [4.69, 9.17) is 9.47 Å². The number of morpholine rings is 1. The number of methoxy groups -OCH3 is 1. The molecule has 3 fully saturated rings. The molecule has 0 aliphatic carbocycles. The largest absolute Gasteiger partial charge is 0.383 e. The van der Waals surface area contributed by atoms with E-state index in [9.17, 15) is 14.4 Å². The first-order valence-corrected chi connectivity index (χ1v) is 10.1. The van der Waals surface area contributed by atoms with Gasteiger partial charge < -0.3 is 19.3 Å². The first-order valence-electron chi connectivity index (χ1n) is 10.1. The van der Waals surface area contributed by atoms with Crippen LogP contribution in [0.4, 0.5) is 4.79 Å². The molecule has 9 heteroatoms. The standard InChI is InChI=1S/C19H32N4O5/c1-14-10-21(11-15(2)28-14)17(24)12-20-6-4-16(5-7-20)23-13-18(25)22(19(23)26)8-9-27-3/h14-16H,4-13H2,1-3H3/t14-,15-/m1/s1. The highest BCUT2D eigenvalue weighted by Gasteiger charge is 2.40. The van der Waals surface area contributed by atoms with Crippen molar-refractivity contribution in [3.05, 3.63) is 0 Å². The molecule has 9 nitrogen and oxygen atoms in total. The Morgan fingerprint density at radius 1 is 1.14 bits per heavy atom. The van der Waals surface area contributed by atoms with Crippen LogP contribution >= 0.6 is 0 Å². The number of amides is 4. The lowest BCUT2D eigenvalue weighted by atomic mass is 10.0. The Morgan fingerprint density at radius 3 is 2.39 bits per heavy atom. The van der Waals surface area contributed by atoms with Crippen LogP contribution in [-0.4, -0.2) is 115 Å². The molecule has 0 aromatic rings. The van der Waals surface area contributed by atoms with Gasteiger partial charge in [-0.2, -0.15) is 0 Å². The summed E-state index contributed by atoms with van der Waals surface area (Å²) in [7, 11) is 1.55. The Kier molecular flexibility index (Phi) is 6.90. The van der Waals surface area contributed by atoms with E-state index in [0.29, 0.717) is 32.8 Å². The number of imide groups is 1. The number of carbonyl (C=O) groups is 3. The van der Waals surface area contributed by atoms with Gasteiger partial charge in [-0.15, -0.1) is 0 Å². The van der Waals surface area contributed by atoms with E-state index in [0.717, 1.165) is 25.9 Å². The Balaban J connectivity index is 1.46. The van der Waals surface area contributed by atoms with Gasteiger partial charge >= 0.3 is 6.03 Å². The van der Waals surface area contributed by atoms with Crippen molar-refractivity contribution in [2.45, 2.75) is 44.9 Å². The molecule has 3 aliphatic heterocycles. The first-order chi connectivity index (χ1) is 13.4. The number of likely N-dealkylation sites (tertiary alicyclic amines) is 1. The number of rotatable bonds is 6. The monoisotopic (exact) mass is 396 g/mol. The zero-order valence-electron chi connectivity index (χ0n) is 17.1. The Morgan fingerprint density at radius 2 is 1.79 bits per heavy atom. The number of hydrogen-bond acceptors (Lipinski definition) is 6. The van der Waals surface area contributed by atoms with Crippen LogP contribution in [0.5, 0.6) is 0 Å². The number of nitrogens with zero attached hydrogens (tertiary/aromatic N) is 4. The molecule has 0 aromatic carbocycles. The van der Waals surface area contributed by atoms with Crippen LogP contribution in [0.15, 0.2) is 0 Å². The lowest BCUT2D eigenvalue weighted by molar-refractivity contribution is -0.144. The lowest BCUT2D eigenvalue weighted by Crippen LogP contribution is -2.53. The molecule has 0 N–H and O–H groups in total. The van der Waals surface area contributed by atoms with Gasteiger partial charge in [-0.05, 0) is 26.7 Å². The van der Waals surface area contributed by atoms with Crippen LogP contribution in [0, 0.1) is 0 Å². The zero-order valence-corrected chi connectivity index (χ0v) is 17.1. The maximum Gasteiger partial charge on any atom is 0.327 e. The molecule has 3 aliphatic rings. The molecular formula is C19H32N4O5. The summed E-state index contributed by atoms with van der Waals surface area (Å²) in [5.74, 6) is -0.0196. The smallest absolute Gasteiger partial charge is 0.327 e. The third-order valence-corrected chi connectivity index (χ3v) is 5.73. The SMILES string of the molecule is COCCN1C(=O)CN(C2CCN(CC(=O)N3C[C@@H](C)O[C@H](C)C3)CC2)C1=O. The highest BCUT2D eigenvalue weighted by Crippen LogP contribution is 2.22. The van der Waals surface area contributed by atoms with Crippen molar-refractivity contribution in [1.29, 1.82) is 0 Å². The van der Waals surface area contributed by atoms with Crippen molar-refractivity contribution in [2.24, 2.45) is 0 Å². The zero-order chi connectivity index (χ0) is 20.3. The lowest BCUT2D eigenvalue weighted by Gasteiger charge is -2.39. The van der Waals surface area contributed by atoms with Gasteiger partial charge in [-0.25, -0.2) is 4.79 Å². The molecule has 0 radical (unpaired) electrons. The molecule has 4 amide bonds. The molecular weight excluding hydrogens is 364 g/mol. The molecule has 0 saturated carbocycles. The van der Waals surface area contributed by atoms with Crippen molar-refractivity contribution < 1.29 is 23.9 Å². The van der Waals surface area contributed by atoms with Crippen molar-refractivity contribution in [2.75, 3.05) is 59.5 Å². The second-order valence-corrected chi connectivity index (χ2v) is 8.01. The van der Waals surface area contributed by atoms with Crippen LogP contribution in [0.3, 0.4) is 0 Å². The maximum atomic E-state index is 12.6. The highest BCUT2D eigenvalue weighted by molar-refractivity contribution is 6.02. The molecule has 158 valence electrons. The minimum Gasteiger partial charge on any atom is -0.383 e. The quantitative estimate of drug-likeness (QED) is 0.588. The second-order valence-electron chi connectivity index (χ2n) is 8.01. The highest BCUT2D eigenvalue weighted by atomic mass is 16.5. The van der Waals surface area contributed by atoms with Crippen molar-refractivity contribution in [3.63, 3.8) is 0 Å². The minimum atomic E-state index is -0.215. The summed E-state index contributed by atoms with van der Waals surface area (Å²) in [5, 5.41) is 0. The number of piperidine rings is 1. The van der Waals surface area contributed by atoms with Gasteiger partial charge in [0.05, 0.1) is 31.9 Å². The van der Waals surface area contributed by atoms with E-state index in [2.05, 4.69) is 4.90 Å². The van der Waals surface area contributed by atoms with Gasteiger partial charge in [-0.3, -0.25) is 19.4 Å². The normalized spacial score (nSPS) is 27.8. The van der Waals surface area contributed by atoms with Crippen LogP contribution in [0.25, 0.3) is 0 Å². The maximum absolute atomic E-state index is 12.6. The van der Waals surface area contributed by atoms with Gasteiger partial charge in [0.1, 0.15) is 6.54 Å². The van der Waals surface area contributed by atoms with Crippen molar-refractivity contribution >= 4 is 17.8 Å². The average Bonchev–Trinajstić information content (AvgIpc) is 2.94. The molecule has 2 atom stereocenters. The molecule has 28 heavy (non-hydrogen) atoms. The fourth-order valence-corrected chi connectivity index (χ4v) is 4.31. The molecule has 0 unspecified atom stereocenters. The summed E-state index contributed by atoms with van der Waals surface area (Å²) in [6, 6.07) is -0.161. The number of ether oxygens (including phenoxy) is 2. The molecule has 0 spiro atoms. The van der Waals surface area contributed by atoms with Gasteiger partial charge in [0, 0.05) is 39.3 Å². The number of urea groups is 1. The van der Waals surface area contributed by atoms with Gasteiger partial charge in [0.25, 0.3) is 0 Å². The van der Waals surface area contributed by atoms with E-state index in [1.165, 1.54) is 4.90 Å². The minimum absolute atomic E-state index is 0.0544. The van der Waals surface area contributed by atoms with E-state index >= 15 is 0 Å². The van der Waals surface area contributed by atoms with E-state index < -0.39 is 0 Å². The van der Waals surface area contributed by atoms with Crippen LogP contribution in [-0.2, 0) is 19.1 Å². The van der Waals surface area contributed by atoms with Crippen LogP contribution in [0.1, 0.15) is 26.7 Å². The molecule has 3 heterocycles. The first kappa shape index (κ1) is 21.0.